The summed E-state index contributed by atoms with van der Waals surface area (Å²) in [7, 11) is 0. The van der Waals surface area contributed by atoms with Gasteiger partial charge in [0.1, 0.15) is 5.82 Å². The number of nitrogens with one attached hydrogen (secondary N) is 1. The third-order valence-electron chi connectivity index (χ3n) is 4.35. The van der Waals surface area contributed by atoms with Crippen LogP contribution >= 0.6 is 12.2 Å². The lowest BCUT2D eigenvalue weighted by Gasteiger charge is -2.37. The van der Waals surface area contributed by atoms with Crippen molar-refractivity contribution >= 4 is 28.7 Å². The molecule has 1 aliphatic heterocycles. The Morgan fingerprint density at radius 3 is 2.27 bits per heavy atom. The van der Waals surface area contributed by atoms with Gasteiger partial charge in [-0.2, -0.15) is 0 Å². The first-order valence-electron chi connectivity index (χ1n) is 8.29. The van der Waals surface area contributed by atoms with Crippen LogP contribution in [-0.4, -0.2) is 41.1 Å². The van der Waals surface area contributed by atoms with Crippen molar-refractivity contribution in [3.63, 3.8) is 0 Å². The monoisotopic (exact) mass is 374 g/mol. The zero-order valence-corrected chi connectivity index (χ0v) is 14.9. The molecule has 8 heteroatoms. The molecule has 1 N–H and O–H groups in total. The van der Waals surface area contributed by atoms with Crippen LogP contribution < -0.4 is 10.2 Å². The Labute approximate surface area is 156 Å². The Balaban J connectivity index is 1.48. The molecule has 1 aliphatic rings. The first-order chi connectivity index (χ1) is 12.5. The lowest BCUT2D eigenvalue weighted by Crippen LogP contribution is -2.51. The van der Waals surface area contributed by atoms with Gasteiger partial charge in [-0.3, -0.25) is 10.1 Å². The minimum atomic E-state index is -0.396. The van der Waals surface area contributed by atoms with Crippen molar-refractivity contribution in [2.75, 3.05) is 31.1 Å². The number of benzene rings is 2. The number of rotatable bonds is 4. The molecule has 3 rings (SSSR count). The number of non-ortho nitro benzene ring substituents is 1. The number of thiocarbonyl (C=S) groups is 1. The number of hydrogen-bond donors (Lipinski definition) is 1. The van der Waals surface area contributed by atoms with Gasteiger partial charge in [-0.1, -0.05) is 12.1 Å². The molecule has 1 heterocycles. The molecule has 136 valence electrons. The highest BCUT2D eigenvalue weighted by molar-refractivity contribution is 7.80. The topological polar surface area (TPSA) is 61.7 Å². The molecule has 0 atom stereocenters. The minimum absolute atomic E-state index is 0.0959. The van der Waals surface area contributed by atoms with Crippen LogP contribution in [0.25, 0.3) is 0 Å². The van der Waals surface area contributed by atoms with Gasteiger partial charge in [0.05, 0.1) is 4.92 Å². The molecule has 6 nitrogen and oxygen atoms in total. The molecule has 0 saturated carbocycles. The van der Waals surface area contributed by atoms with Gasteiger partial charge in [0.15, 0.2) is 5.11 Å². The summed E-state index contributed by atoms with van der Waals surface area (Å²) in [4.78, 5) is 14.6. The van der Waals surface area contributed by atoms with E-state index in [1.54, 1.807) is 24.3 Å². The number of piperazine rings is 1. The van der Waals surface area contributed by atoms with Crippen LogP contribution in [0.1, 0.15) is 5.56 Å². The second-order valence-electron chi connectivity index (χ2n) is 6.03. The van der Waals surface area contributed by atoms with Crippen LogP contribution in [0.3, 0.4) is 0 Å². The molecule has 0 radical (unpaired) electrons. The molecule has 0 aromatic heterocycles. The summed E-state index contributed by atoms with van der Waals surface area (Å²) in [5.41, 5.74) is 2.04. The molecule has 0 unspecified atom stereocenters. The lowest BCUT2D eigenvalue weighted by molar-refractivity contribution is -0.384. The Kier molecular flexibility index (Phi) is 5.62. The summed E-state index contributed by atoms with van der Waals surface area (Å²) in [6.45, 7) is 3.67. The molecule has 1 fully saturated rings. The van der Waals surface area contributed by atoms with Gasteiger partial charge in [-0.05, 0) is 42.0 Å². The van der Waals surface area contributed by atoms with E-state index in [0.29, 0.717) is 11.7 Å². The zero-order valence-electron chi connectivity index (χ0n) is 14.1. The van der Waals surface area contributed by atoms with Gasteiger partial charge < -0.3 is 15.1 Å². The molecule has 2 aromatic carbocycles. The summed E-state index contributed by atoms with van der Waals surface area (Å²) in [6.07, 6.45) is 0. The van der Waals surface area contributed by atoms with Gasteiger partial charge in [-0.15, -0.1) is 0 Å². The molecule has 1 saturated heterocycles. The fourth-order valence-corrected chi connectivity index (χ4v) is 3.10. The highest BCUT2D eigenvalue weighted by atomic mass is 32.1. The van der Waals surface area contributed by atoms with Crippen molar-refractivity contribution in [2.24, 2.45) is 0 Å². The summed E-state index contributed by atoms with van der Waals surface area (Å²) in [5, 5.41) is 14.6. The third-order valence-corrected chi connectivity index (χ3v) is 4.75. The van der Waals surface area contributed by atoms with E-state index in [1.165, 1.54) is 24.3 Å². The maximum absolute atomic E-state index is 12.9. The molecule has 0 amide bonds. The van der Waals surface area contributed by atoms with E-state index in [2.05, 4.69) is 15.1 Å². The van der Waals surface area contributed by atoms with Crippen LogP contribution in [0.4, 0.5) is 15.8 Å². The average molecular weight is 374 g/mol. The number of nitro groups is 1. The van der Waals surface area contributed by atoms with Crippen LogP contribution in [0.5, 0.6) is 0 Å². The van der Waals surface area contributed by atoms with Crippen LogP contribution in [-0.2, 0) is 6.54 Å². The molecule has 2 aromatic rings. The summed E-state index contributed by atoms with van der Waals surface area (Å²) < 4.78 is 12.9. The van der Waals surface area contributed by atoms with Crippen molar-refractivity contribution in [2.45, 2.75) is 6.54 Å². The van der Waals surface area contributed by atoms with E-state index < -0.39 is 4.92 Å². The molecule has 26 heavy (non-hydrogen) atoms. The van der Waals surface area contributed by atoms with Crippen LogP contribution in [0, 0.1) is 15.9 Å². The van der Waals surface area contributed by atoms with E-state index in [-0.39, 0.29) is 11.5 Å². The second-order valence-corrected chi connectivity index (χ2v) is 6.42. The van der Waals surface area contributed by atoms with Crippen molar-refractivity contribution in [3.8, 4) is 0 Å². The Morgan fingerprint density at radius 1 is 1.08 bits per heavy atom. The lowest BCUT2D eigenvalue weighted by atomic mass is 10.2. The molecular weight excluding hydrogens is 355 g/mol. The zero-order chi connectivity index (χ0) is 18.5. The van der Waals surface area contributed by atoms with Crippen LogP contribution in [0.2, 0.25) is 0 Å². The number of hydrogen-bond acceptors (Lipinski definition) is 4. The summed E-state index contributed by atoms with van der Waals surface area (Å²) in [5.74, 6) is -0.251. The van der Waals surface area contributed by atoms with Gasteiger partial charge >= 0.3 is 0 Å². The maximum Gasteiger partial charge on any atom is 0.269 e. The molecular formula is C18H19FN4O2S. The van der Waals surface area contributed by atoms with Crippen molar-refractivity contribution < 1.29 is 9.31 Å². The third kappa shape index (κ3) is 4.45. The van der Waals surface area contributed by atoms with E-state index in [9.17, 15) is 14.5 Å². The molecule has 0 aliphatic carbocycles. The normalized spacial score (nSPS) is 14.2. The van der Waals surface area contributed by atoms with Gasteiger partial charge in [0, 0.05) is 50.5 Å². The Hall–Kier alpha value is -2.74. The van der Waals surface area contributed by atoms with E-state index in [1.807, 2.05) is 0 Å². The highest BCUT2D eigenvalue weighted by Crippen LogP contribution is 2.20. The first kappa shape index (κ1) is 18.1. The van der Waals surface area contributed by atoms with Crippen LogP contribution in [0.15, 0.2) is 48.5 Å². The summed E-state index contributed by atoms with van der Waals surface area (Å²) in [6, 6.07) is 12.9. The van der Waals surface area contributed by atoms with Gasteiger partial charge in [0.2, 0.25) is 0 Å². The largest absolute Gasteiger partial charge is 0.368 e. The quantitative estimate of drug-likeness (QED) is 0.504. The van der Waals surface area contributed by atoms with E-state index >= 15 is 0 Å². The smallest absolute Gasteiger partial charge is 0.269 e. The fourth-order valence-electron chi connectivity index (χ4n) is 2.84. The number of halogens is 1. The number of nitro benzene ring substituents is 1. The van der Waals surface area contributed by atoms with Gasteiger partial charge in [-0.25, -0.2) is 4.39 Å². The fraction of sp³-hybridized carbons (Fsp3) is 0.278. The molecule has 0 bridgehead atoms. The van der Waals surface area contributed by atoms with Crippen molar-refractivity contribution in [3.05, 3.63) is 70.0 Å². The minimum Gasteiger partial charge on any atom is -0.368 e. The second kappa shape index (κ2) is 8.09. The van der Waals surface area contributed by atoms with E-state index in [4.69, 9.17) is 12.2 Å². The van der Waals surface area contributed by atoms with Gasteiger partial charge in [0.25, 0.3) is 5.69 Å². The highest BCUT2D eigenvalue weighted by Gasteiger charge is 2.19. The number of nitrogens with zero attached hydrogens (tertiary/aromatic N) is 3. The Morgan fingerprint density at radius 2 is 1.69 bits per heavy atom. The predicted octanol–water partition coefficient (Wildman–Crippen LogP) is 2.93. The number of anilines is 1. The average Bonchev–Trinajstić information content (AvgIpc) is 2.67. The van der Waals surface area contributed by atoms with Crippen molar-refractivity contribution in [1.82, 2.24) is 10.2 Å². The Bertz CT molecular complexity index is 775. The molecule has 0 spiro atoms. The first-order valence-corrected chi connectivity index (χ1v) is 8.70. The SMILES string of the molecule is O=[N+]([O-])c1ccc(N2CCN(C(=S)NCc3ccc(F)cc3)CC2)cc1. The maximum atomic E-state index is 12.9. The van der Waals surface area contributed by atoms with Crippen molar-refractivity contribution in [1.29, 1.82) is 0 Å². The standard InChI is InChI=1S/C18H19FN4O2S/c19-15-3-1-14(2-4-15)13-20-18(26)22-11-9-21(10-12-22)16-5-7-17(8-6-16)23(24)25/h1-8H,9-13H2,(H,20,26). The summed E-state index contributed by atoms with van der Waals surface area (Å²) >= 11 is 5.45. The van der Waals surface area contributed by atoms with E-state index in [0.717, 1.165) is 37.4 Å². The predicted molar refractivity (Wildman–Crippen MR) is 103 cm³/mol.